The summed E-state index contributed by atoms with van der Waals surface area (Å²) >= 11 is 0. The zero-order valence-electron chi connectivity index (χ0n) is 19.1. The first-order valence-corrected chi connectivity index (χ1v) is 13.1. The maximum absolute atomic E-state index is 13.7. The number of hydrogen-bond donors (Lipinski definition) is 0. The van der Waals surface area contributed by atoms with Gasteiger partial charge in [0.25, 0.3) is 0 Å². The number of hydrogen-bond acceptors (Lipinski definition) is 4. The minimum absolute atomic E-state index is 0.146. The van der Waals surface area contributed by atoms with Gasteiger partial charge in [-0.1, -0.05) is 13.3 Å². The topological polar surface area (TPSA) is 70.6 Å². The normalized spacial score (nSPS) is 28.6. The molecule has 0 aromatic carbocycles. The van der Waals surface area contributed by atoms with E-state index in [1.165, 1.54) is 9.21 Å². The van der Waals surface area contributed by atoms with E-state index in [1.807, 2.05) is 6.92 Å². The van der Waals surface area contributed by atoms with Crippen LogP contribution in [0.5, 0.6) is 0 Å². The van der Waals surface area contributed by atoms with Crippen molar-refractivity contribution in [3.05, 3.63) is 23.5 Å². The number of carbonyl (C=O) groups is 1. The molecule has 3 aliphatic rings. The van der Waals surface area contributed by atoms with E-state index < -0.39 is 22.0 Å². The van der Waals surface area contributed by atoms with Gasteiger partial charge in [0, 0.05) is 44.1 Å². The van der Waals surface area contributed by atoms with Gasteiger partial charge in [0.1, 0.15) is 10.9 Å². The molecule has 2 saturated carbocycles. The van der Waals surface area contributed by atoms with Crippen LogP contribution >= 0.6 is 0 Å². The van der Waals surface area contributed by atoms with Crippen LogP contribution in [-0.2, 0) is 14.8 Å². The number of halogens is 2. The van der Waals surface area contributed by atoms with E-state index in [4.69, 9.17) is 0 Å². The molecule has 9 heteroatoms. The maximum atomic E-state index is 13.7. The highest BCUT2D eigenvalue weighted by atomic mass is 32.2. The number of alkyl halides is 2. The molecule has 0 bridgehead atoms. The van der Waals surface area contributed by atoms with E-state index >= 15 is 0 Å². The molecule has 1 aromatic rings. The molecule has 3 fully saturated rings. The Morgan fingerprint density at radius 3 is 2.56 bits per heavy atom. The third-order valence-corrected chi connectivity index (χ3v) is 9.44. The molecule has 2 aliphatic carbocycles. The molecular weight excluding hydrogens is 436 g/mol. The van der Waals surface area contributed by atoms with Crippen LogP contribution in [0.4, 0.5) is 8.78 Å². The summed E-state index contributed by atoms with van der Waals surface area (Å²) in [5.41, 5.74) is 1.40. The molecule has 1 aliphatic heterocycles. The minimum Gasteiger partial charge on any atom is -0.341 e. The molecule has 0 spiro atoms. The molecule has 178 valence electrons. The van der Waals surface area contributed by atoms with Gasteiger partial charge in [0.2, 0.25) is 21.9 Å². The van der Waals surface area contributed by atoms with Gasteiger partial charge in [-0.15, -0.1) is 0 Å². The number of pyridine rings is 1. The molecule has 0 radical (unpaired) electrons. The molecule has 4 rings (SSSR count). The first kappa shape index (κ1) is 23.5. The van der Waals surface area contributed by atoms with Crippen molar-refractivity contribution in [3.8, 4) is 0 Å². The molecule has 1 saturated heterocycles. The van der Waals surface area contributed by atoms with Gasteiger partial charge in [-0.25, -0.2) is 17.2 Å². The second-order valence-corrected chi connectivity index (χ2v) is 11.5. The summed E-state index contributed by atoms with van der Waals surface area (Å²) in [7, 11) is -2.28. The van der Waals surface area contributed by atoms with Crippen molar-refractivity contribution in [2.24, 2.45) is 5.92 Å². The molecule has 2 heterocycles. The Bertz CT molecular complexity index is 975. The van der Waals surface area contributed by atoms with Crippen LogP contribution in [0.3, 0.4) is 0 Å². The molecule has 0 N–H and O–H groups in total. The highest BCUT2D eigenvalue weighted by Gasteiger charge is 2.46. The molecule has 32 heavy (non-hydrogen) atoms. The Hall–Kier alpha value is -1.61. The Morgan fingerprint density at radius 2 is 1.94 bits per heavy atom. The van der Waals surface area contributed by atoms with Crippen molar-refractivity contribution < 1.29 is 22.0 Å². The third-order valence-electron chi connectivity index (χ3n) is 7.48. The average Bonchev–Trinajstić information content (AvgIpc) is 3.37. The van der Waals surface area contributed by atoms with Crippen LogP contribution < -0.4 is 0 Å². The fourth-order valence-corrected chi connectivity index (χ4v) is 7.16. The van der Waals surface area contributed by atoms with Crippen LogP contribution in [-0.4, -0.2) is 60.1 Å². The number of likely N-dealkylation sites (N-methyl/N-ethyl adjacent to an activating group) is 1. The number of amides is 1. The monoisotopic (exact) mass is 469 g/mol. The number of carbonyl (C=O) groups excluding carboxylic acids is 1. The van der Waals surface area contributed by atoms with Crippen LogP contribution in [0.15, 0.2) is 17.0 Å². The second-order valence-electron chi connectivity index (χ2n) is 9.66. The van der Waals surface area contributed by atoms with Crippen molar-refractivity contribution in [2.45, 2.75) is 94.0 Å². The first-order valence-electron chi connectivity index (χ1n) is 11.7. The molecule has 6 nitrogen and oxygen atoms in total. The molecular formula is C23H33F2N3O3S. The number of nitrogens with zero attached hydrogens (tertiary/aromatic N) is 3. The summed E-state index contributed by atoms with van der Waals surface area (Å²) < 4.78 is 55.8. The zero-order valence-corrected chi connectivity index (χ0v) is 19.9. The lowest BCUT2D eigenvalue weighted by molar-refractivity contribution is -0.138. The SMILES string of the molecule is CC[C@H]1C[C@@H]1c1nc(C)ccc1S(=O)(=O)N1CCC[C@H]1C(=O)N(C)C1CCC(F)(F)CC1. The van der Waals surface area contributed by atoms with Gasteiger partial charge < -0.3 is 4.90 Å². The maximum Gasteiger partial charge on any atom is 0.248 e. The van der Waals surface area contributed by atoms with E-state index in [2.05, 4.69) is 11.9 Å². The van der Waals surface area contributed by atoms with Gasteiger partial charge in [0.05, 0.1) is 5.69 Å². The van der Waals surface area contributed by atoms with Gasteiger partial charge in [-0.3, -0.25) is 9.78 Å². The summed E-state index contributed by atoms with van der Waals surface area (Å²) in [4.78, 5) is 19.6. The lowest BCUT2D eigenvalue weighted by atomic mass is 9.91. The van der Waals surface area contributed by atoms with Crippen LogP contribution in [0.1, 0.15) is 75.6 Å². The van der Waals surface area contributed by atoms with E-state index in [0.717, 1.165) is 18.5 Å². The zero-order chi connectivity index (χ0) is 23.3. The summed E-state index contributed by atoms with van der Waals surface area (Å²) in [5, 5.41) is 0. The summed E-state index contributed by atoms with van der Waals surface area (Å²) in [6.07, 6.45) is 2.97. The van der Waals surface area contributed by atoms with Crippen molar-refractivity contribution in [2.75, 3.05) is 13.6 Å². The Balaban J connectivity index is 1.56. The number of rotatable bonds is 6. The fraction of sp³-hybridized carbons (Fsp3) is 0.739. The summed E-state index contributed by atoms with van der Waals surface area (Å²) in [6.45, 7) is 4.24. The van der Waals surface area contributed by atoms with Gasteiger partial charge in [-0.2, -0.15) is 4.31 Å². The average molecular weight is 470 g/mol. The Kier molecular flexibility index (Phi) is 6.35. The highest BCUT2D eigenvalue weighted by molar-refractivity contribution is 7.89. The largest absolute Gasteiger partial charge is 0.341 e. The quantitative estimate of drug-likeness (QED) is 0.629. The molecule has 3 atom stereocenters. The summed E-state index contributed by atoms with van der Waals surface area (Å²) in [6, 6.07) is 2.27. The fourth-order valence-electron chi connectivity index (χ4n) is 5.31. The highest BCUT2D eigenvalue weighted by Crippen LogP contribution is 2.50. The van der Waals surface area contributed by atoms with Crippen molar-refractivity contribution >= 4 is 15.9 Å². The standard InChI is InChI=1S/C23H33F2N3O3S/c1-4-16-14-18(16)21-20(8-7-15(2)26-21)32(30,31)28-13-5-6-19(28)22(29)27(3)17-9-11-23(24,25)12-10-17/h7-8,16-19H,4-6,9-14H2,1-3H3/t16-,18-,19-/m0/s1. The van der Waals surface area contributed by atoms with Crippen LogP contribution in [0.2, 0.25) is 0 Å². The Labute approximate surface area is 189 Å². The van der Waals surface area contributed by atoms with E-state index in [0.29, 0.717) is 24.5 Å². The molecule has 1 amide bonds. The third kappa shape index (κ3) is 4.42. The number of aryl methyl sites for hydroxylation is 1. The van der Waals surface area contributed by atoms with Crippen molar-refractivity contribution in [3.63, 3.8) is 0 Å². The first-order chi connectivity index (χ1) is 15.0. The van der Waals surface area contributed by atoms with Crippen LogP contribution in [0.25, 0.3) is 0 Å². The molecule has 0 unspecified atom stereocenters. The van der Waals surface area contributed by atoms with E-state index in [-0.39, 0.29) is 55.0 Å². The van der Waals surface area contributed by atoms with Crippen LogP contribution in [0, 0.1) is 12.8 Å². The predicted molar refractivity (Wildman–Crippen MR) is 117 cm³/mol. The van der Waals surface area contributed by atoms with E-state index in [9.17, 15) is 22.0 Å². The second kappa shape index (κ2) is 8.63. The lowest BCUT2D eigenvalue weighted by Crippen LogP contribution is -2.50. The van der Waals surface area contributed by atoms with Gasteiger partial charge in [0.15, 0.2) is 0 Å². The van der Waals surface area contributed by atoms with Gasteiger partial charge in [-0.05, 0) is 57.1 Å². The van der Waals surface area contributed by atoms with Gasteiger partial charge >= 0.3 is 0 Å². The predicted octanol–water partition coefficient (Wildman–Crippen LogP) is 4.09. The van der Waals surface area contributed by atoms with Crippen molar-refractivity contribution in [1.29, 1.82) is 0 Å². The van der Waals surface area contributed by atoms with Crippen molar-refractivity contribution in [1.82, 2.24) is 14.2 Å². The number of sulfonamides is 1. The smallest absolute Gasteiger partial charge is 0.248 e. The molecule has 1 aromatic heterocycles. The van der Waals surface area contributed by atoms with E-state index in [1.54, 1.807) is 19.2 Å². The Morgan fingerprint density at radius 1 is 1.25 bits per heavy atom. The minimum atomic E-state index is -3.90. The summed E-state index contributed by atoms with van der Waals surface area (Å²) in [5.74, 6) is -2.37. The lowest BCUT2D eigenvalue weighted by Gasteiger charge is -2.37. The number of aromatic nitrogens is 1.